The number of hydrogen-bond acceptors (Lipinski definition) is 2. The highest BCUT2D eigenvalue weighted by Crippen LogP contribution is 2.10. The van der Waals surface area contributed by atoms with E-state index in [-0.39, 0.29) is 6.04 Å². The average molecular weight is 226 g/mol. The van der Waals surface area contributed by atoms with Crippen LogP contribution in [0.1, 0.15) is 5.56 Å². The minimum atomic E-state index is 0.278. The molecule has 0 amide bonds. The molecular weight excluding hydrogens is 208 g/mol. The van der Waals surface area contributed by atoms with Gasteiger partial charge in [0.15, 0.2) is 0 Å². The van der Waals surface area contributed by atoms with Gasteiger partial charge in [-0.1, -0.05) is 48.5 Å². The molecule has 2 aromatic carbocycles. The van der Waals surface area contributed by atoms with Crippen molar-refractivity contribution in [1.29, 1.82) is 0 Å². The number of para-hydroxylation sites is 1. The van der Waals surface area contributed by atoms with Crippen LogP contribution in [0.25, 0.3) is 0 Å². The van der Waals surface area contributed by atoms with Gasteiger partial charge >= 0.3 is 0 Å². The van der Waals surface area contributed by atoms with Crippen molar-refractivity contribution in [1.82, 2.24) is 0 Å². The average Bonchev–Trinajstić information content (AvgIpc) is 2.40. The number of rotatable bonds is 5. The Morgan fingerprint density at radius 1 is 0.882 bits per heavy atom. The van der Waals surface area contributed by atoms with Crippen LogP contribution in [0, 0.1) is 0 Å². The summed E-state index contributed by atoms with van der Waals surface area (Å²) < 4.78 is 0. The van der Waals surface area contributed by atoms with Crippen molar-refractivity contribution in [3.63, 3.8) is 0 Å². The van der Waals surface area contributed by atoms with E-state index in [1.54, 1.807) is 0 Å². The second-order valence-electron chi connectivity index (χ2n) is 4.13. The maximum Gasteiger partial charge on any atom is 0.0424 e. The van der Waals surface area contributed by atoms with Crippen LogP contribution in [0.4, 0.5) is 5.69 Å². The molecule has 0 bridgehead atoms. The van der Waals surface area contributed by atoms with Gasteiger partial charge in [0.05, 0.1) is 0 Å². The van der Waals surface area contributed by atoms with Crippen molar-refractivity contribution in [3.8, 4) is 0 Å². The molecule has 1 atom stereocenters. The first kappa shape index (κ1) is 11.7. The van der Waals surface area contributed by atoms with Gasteiger partial charge in [-0.15, -0.1) is 0 Å². The normalized spacial score (nSPS) is 12.1. The highest BCUT2D eigenvalue weighted by Gasteiger charge is 2.06. The molecule has 2 nitrogen and oxygen atoms in total. The molecule has 88 valence electrons. The van der Waals surface area contributed by atoms with E-state index in [1.165, 1.54) is 5.56 Å². The predicted octanol–water partition coefficient (Wildman–Crippen LogP) is 2.67. The Kier molecular flexibility index (Phi) is 4.17. The third-order valence-corrected chi connectivity index (χ3v) is 2.75. The summed E-state index contributed by atoms with van der Waals surface area (Å²) in [5.74, 6) is 0. The highest BCUT2D eigenvalue weighted by molar-refractivity contribution is 5.43. The zero-order valence-electron chi connectivity index (χ0n) is 9.84. The fourth-order valence-electron chi connectivity index (χ4n) is 1.86. The third kappa shape index (κ3) is 3.61. The SMILES string of the molecule is NCC(Cc1ccccc1)Nc1ccccc1. The van der Waals surface area contributed by atoms with Gasteiger partial charge < -0.3 is 11.1 Å². The molecule has 0 saturated heterocycles. The summed E-state index contributed by atoms with van der Waals surface area (Å²) in [6.45, 7) is 0.629. The molecule has 0 aliphatic heterocycles. The number of benzene rings is 2. The third-order valence-electron chi connectivity index (χ3n) is 2.75. The number of nitrogens with one attached hydrogen (secondary N) is 1. The Morgan fingerprint density at radius 2 is 1.47 bits per heavy atom. The van der Waals surface area contributed by atoms with Gasteiger partial charge in [0.2, 0.25) is 0 Å². The molecule has 0 saturated carbocycles. The molecule has 0 spiro atoms. The van der Waals surface area contributed by atoms with E-state index in [1.807, 2.05) is 24.3 Å². The first-order chi connectivity index (χ1) is 8.38. The molecule has 0 aliphatic carbocycles. The van der Waals surface area contributed by atoms with Crippen LogP contribution in [0.5, 0.6) is 0 Å². The molecule has 2 rings (SSSR count). The van der Waals surface area contributed by atoms with E-state index in [0.717, 1.165) is 12.1 Å². The minimum Gasteiger partial charge on any atom is -0.381 e. The molecule has 0 radical (unpaired) electrons. The number of nitrogens with two attached hydrogens (primary N) is 1. The molecule has 2 heteroatoms. The van der Waals surface area contributed by atoms with E-state index < -0.39 is 0 Å². The van der Waals surface area contributed by atoms with Crippen molar-refractivity contribution >= 4 is 5.69 Å². The molecule has 17 heavy (non-hydrogen) atoms. The second kappa shape index (κ2) is 6.06. The maximum atomic E-state index is 5.81. The van der Waals surface area contributed by atoms with E-state index in [4.69, 9.17) is 5.73 Å². The first-order valence-corrected chi connectivity index (χ1v) is 5.94. The van der Waals surface area contributed by atoms with Crippen LogP contribution in [0.2, 0.25) is 0 Å². The lowest BCUT2D eigenvalue weighted by atomic mass is 10.1. The zero-order valence-corrected chi connectivity index (χ0v) is 9.84. The van der Waals surface area contributed by atoms with Crippen LogP contribution in [0.15, 0.2) is 60.7 Å². The summed E-state index contributed by atoms with van der Waals surface area (Å²) in [6.07, 6.45) is 0.951. The standard InChI is InChI=1S/C15H18N2/c16-12-15(11-13-7-3-1-4-8-13)17-14-9-5-2-6-10-14/h1-10,15,17H,11-12,16H2. The van der Waals surface area contributed by atoms with Gasteiger partial charge in [0.1, 0.15) is 0 Å². The Labute approximate surface area is 102 Å². The van der Waals surface area contributed by atoms with Crippen molar-refractivity contribution < 1.29 is 0 Å². The molecule has 0 aliphatic rings. The van der Waals surface area contributed by atoms with Crippen LogP contribution < -0.4 is 11.1 Å². The van der Waals surface area contributed by atoms with Gasteiger partial charge in [0, 0.05) is 18.3 Å². The van der Waals surface area contributed by atoms with Gasteiger partial charge in [-0.3, -0.25) is 0 Å². The van der Waals surface area contributed by atoms with Crippen LogP contribution in [-0.4, -0.2) is 12.6 Å². The highest BCUT2D eigenvalue weighted by atomic mass is 14.9. The van der Waals surface area contributed by atoms with Crippen LogP contribution in [0.3, 0.4) is 0 Å². The second-order valence-corrected chi connectivity index (χ2v) is 4.13. The molecule has 0 fully saturated rings. The fraction of sp³-hybridized carbons (Fsp3) is 0.200. The van der Waals surface area contributed by atoms with Crippen molar-refractivity contribution in [3.05, 3.63) is 66.2 Å². The van der Waals surface area contributed by atoms with Crippen molar-refractivity contribution in [2.75, 3.05) is 11.9 Å². The smallest absolute Gasteiger partial charge is 0.0424 e. The van der Waals surface area contributed by atoms with Crippen LogP contribution >= 0.6 is 0 Å². The van der Waals surface area contributed by atoms with Gasteiger partial charge in [-0.2, -0.15) is 0 Å². The van der Waals surface area contributed by atoms with Crippen molar-refractivity contribution in [2.45, 2.75) is 12.5 Å². The largest absolute Gasteiger partial charge is 0.381 e. The predicted molar refractivity (Wildman–Crippen MR) is 73.1 cm³/mol. The van der Waals surface area contributed by atoms with E-state index in [0.29, 0.717) is 6.54 Å². The monoisotopic (exact) mass is 226 g/mol. The summed E-state index contributed by atoms with van der Waals surface area (Å²) in [6, 6.07) is 20.9. The summed E-state index contributed by atoms with van der Waals surface area (Å²) in [5.41, 5.74) is 8.24. The van der Waals surface area contributed by atoms with Crippen molar-refractivity contribution in [2.24, 2.45) is 5.73 Å². The lowest BCUT2D eigenvalue weighted by Gasteiger charge is -2.18. The van der Waals surface area contributed by atoms with Gasteiger partial charge in [0.25, 0.3) is 0 Å². The van der Waals surface area contributed by atoms with Gasteiger partial charge in [-0.05, 0) is 24.1 Å². The molecule has 2 aromatic rings. The summed E-state index contributed by atoms with van der Waals surface area (Å²) in [7, 11) is 0. The lowest BCUT2D eigenvalue weighted by molar-refractivity contribution is 0.724. The number of anilines is 1. The summed E-state index contributed by atoms with van der Waals surface area (Å²) in [5, 5.41) is 3.45. The summed E-state index contributed by atoms with van der Waals surface area (Å²) in [4.78, 5) is 0. The molecule has 1 unspecified atom stereocenters. The molecule has 0 aromatic heterocycles. The fourth-order valence-corrected chi connectivity index (χ4v) is 1.86. The maximum absolute atomic E-state index is 5.81. The molecule has 3 N–H and O–H groups in total. The van der Waals surface area contributed by atoms with E-state index >= 15 is 0 Å². The van der Waals surface area contributed by atoms with E-state index in [9.17, 15) is 0 Å². The quantitative estimate of drug-likeness (QED) is 0.822. The topological polar surface area (TPSA) is 38.0 Å². The lowest BCUT2D eigenvalue weighted by Crippen LogP contribution is -2.30. The Hall–Kier alpha value is -1.80. The number of hydrogen-bond donors (Lipinski definition) is 2. The minimum absolute atomic E-state index is 0.278. The Morgan fingerprint density at radius 3 is 2.06 bits per heavy atom. The summed E-state index contributed by atoms with van der Waals surface area (Å²) >= 11 is 0. The Bertz CT molecular complexity index is 384. The van der Waals surface area contributed by atoms with Crippen LogP contribution in [-0.2, 0) is 6.42 Å². The zero-order chi connectivity index (χ0) is 11.9. The first-order valence-electron chi connectivity index (χ1n) is 5.94. The molecule has 0 heterocycles. The molecular formula is C15H18N2. The van der Waals surface area contributed by atoms with E-state index in [2.05, 4.69) is 41.7 Å². The van der Waals surface area contributed by atoms with Gasteiger partial charge in [-0.25, -0.2) is 0 Å². The Balaban J connectivity index is 1.98.